The van der Waals surface area contributed by atoms with Gasteiger partial charge in [-0.25, -0.2) is 4.68 Å². The van der Waals surface area contributed by atoms with Crippen LogP contribution in [0.25, 0.3) is 5.69 Å². The van der Waals surface area contributed by atoms with Crippen molar-refractivity contribution in [1.82, 2.24) is 20.4 Å². The second-order valence-electron chi connectivity index (χ2n) is 5.84. The zero-order chi connectivity index (χ0) is 17.3. The second-order valence-corrected chi connectivity index (χ2v) is 5.84. The number of alkyl halides is 3. The lowest BCUT2D eigenvalue weighted by molar-refractivity contribution is -0.143. The Morgan fingerprint density at radius 3 is 2.60 bits per heavy atom. The maximum atomic E-state index is 13.5. The van der Waals surface area contributed by atoms with Crippen molar-refractivity contribution in [2.45, 2.75) is 13.1 Å². The summed E-state index contributed by atoms with van der Waals surface area (Å²) in [6, 6.07) is 6.60. The number of hydrogen-bond donors (Lipinski definition) is 2. The van der Waals surface area contributed by atoms with E-state index in [1.165, 1.54) is 0 Å². The van der Waals surface area contributed by atoms with E-state index in [1.54, 1.807) is 31.2 Å². The topological polar surface area (TPSA) is 59.0 Å². The lowest BCUT2D eigenvalue weighted by Crippen LogP contribution is -2.48. The predicted octanol–water partition coefficient (Wildman–Crippen LogP) is 2.57. The van der Waals surface area contributed by atoms with Crippen molar-refractivity contribution in [3.63, 3.8) is 0 Å². The first kappa shape index (κ1) is 19.3. The fourth-order valence-corrected chi connectivity index (χ4v) is 2.60. The third-order valence-electron chi connectivity index (χ3n) is 4.04. The molecule has 0 radical (unpaired) electrons. The average Bonchev–Trinajstić information content (AvgIpc) is 2.90. The number of nitrogens with one attached hydrogen (secondary N) is 2. The summed E-state index contributed by atoms with van der Waals surface area (Å²) in [5.74, 6) is -0.497. The number of rotatable bonds is 4. The van der Waals surface area contributed by atoms with Crippen molar-refractivity contribution in [1.29, 1.82) is 0 Å². The van der Waals surface area contributed by atoms with Gasteiger partial charge < -0.3 is 10.6 Å². The first-order valence-corrected chi connectivity index (χ1v) is 7.58. The summed E-state index contributed by atoms with van der Waals surface area (Å²) < 4.78 is 41.4. The molecule has 1 amide bonds. The zero-order valence-electron chi connectivity index (χ0n) is 13.4. The number of amides is 1. The first-order valence-electron chi connectivity index (χ1n) is 7.58. The molecule has 0 spiro atoms. The molecule has 0 unspecified atom stereocenters. The lowest BCUT2D eigenvalue weighted by Gasteiger charge is -2.27. The molecule has 1 aromatic carbocycles. The minimum Gasteiger partial charge on any atom is -0.352 e. The first-order chi connectivity index (χ1) is 11.4. The molecule has 2 N–H and O–H groups in total. The fourth-order valence-electron chi connectivity index (χ4n) is 2.60. The molecular formula is C16H18ClF3N4O. The largest absolute Gasteiger partial charge is 0.434 e. The van der Waals surface area contributed by atoms with Gasteiger partial charge >= 0.3 is 6.18 Å². The number of benzene rings is 1. The normalized spacial score (nSPS) is 14.6. The van der Waals surface area contributed by atoms with Gasteiger partial charge in [0.05, 0.1) is 17.4 Å². The van der Waals surface area contributed by atoms with Gasteiger partial charge in [-0.1, -0.05) is 18.2 Å². The average molecular weight is 375 g/mol. The van der Waals surface area contributed by atoms with Crippen LogP contribution in [0, 0.1) is 12.8 Å². The number of para-hydroxylation sites is 1. The molecule has 0 saturated carbocycles. The molecule has 25 heavy (non-hydrogen) atoms. The van der Waals surface area contributed by atoms with Gasteiger partial charge in [-0.15, -0.1) is 12.4 Å². The Morgan fingerprint density at radius 1 is 1.36 bits per heavy atom. The highest BCUT2D eigenvalue weighted by Crippen LogP contribution is 2.34. The molecule has 1 saturated heterocycles. The molecule has 5 nitrogen and oxygen atoms in total. The van der Waals surface area contributed by atoms with Gasteiger partial charge in [0.15, 0.2) is 5.69 Å². The number of carbonyl (C=O) groups excluding carboxylic acids is 1. The Bertz CT molecular complexity index is 756. The molecular weight excluding hydrogens is 357 g/mol. The summed E-state index contributed by atoms with van der Waals surface area (Å²) >= 11 is 0. The van der Waals surface area contributed by atoms with Crippen LogP contribution in [0.4, 0.5) is 13.2 Å². The van der Waals surface area contributed by atoms with Crippen molar-refractivity contribution < 1.29 is 18.0 Å². The molecule has 0 aliphatic carbocycles. The molecule has 136 valence electrons. The Labute approximate surface area is 149 Å². The summed E-state index contributed by atoms with van der Waals surface area (Å²) in [7, 11) is 0. The lowest BCUT2D eigenvalue weighted by atomic mass is 10.0. The van der Waals surface area contributed by atoms with Gasteiger partial charge in [-0.05, 0) is 18.6 Å². The Morgan fingerprint density at radius 2 is 2.04 bits per heavy atom. The molecule has 3 rings (SSSR count). The highest BCUT2D eigenvalue weighted by molar-refractivity contribution is 5.95. The van der Waals surface area contributed by atoms with Gasteiger partial charge in [0.2, 0.25) is 0 Å². The van der Waals surface area contributed by atoms with Crippen molar-refractivity contribution >= 4 is 18.3 Å². The molecule has 2 aromatic rings. The van der Waals surface area contributed by atoms with Crippen LogP contribution in [-0.4, -0.2) is 35.3 Å². The third kappa shape index (κ3) is 3.96. The molecule has 1 aliphatic heterocycles. The number of nitrogens with zero attached hydrogens (tertiary/aromatic N) is 2. The van der Waals surface area contributed by atoms with Crippen LogP contribution >= 0.6 is 12.4 Å². The van der Waals surface area contributed by atoms with Crippen LogP contribution in [0.3, 0.4) is 0 Å². The van der Waals surface area contributed by atoms with Crippen molar-refractivity contribution in [2.24, 2.45) is 5.92 Å². The SMILES string of the molecule is Cc1ccccc1-n1ncc(C(=O)NCC2CNC2)c1C(F)(F)F.Cl. The van der Waals surface area contributed by atoms with E-state index < -0.39 is 23.3 Å². The van der Waals surface area contributed by atoms with E-state index in [-0.39, 0.29) is 18.3 Å². The second kappa shape index (κ2) is 7.45. The summed E-state index contributed by atoms with van der Waals surface area (Å²) in [5, 5.41) is 9.42. The van der Waals surface area contributed by atoms with Gasteiger partial charge in [-0.2, -0.15) is 18.3 Å². The van der Waals surface area contributed by atoms with Crippen LogP contribution in [-0.2, 0) is 6.18 Å². The molecule has 0 bridgehead atoms. The highest BCUT2D eigenvalue weighted by Gasteiger charge is 2.40. The number of hydrogen-bond acceptors (Lipinski definition) is 3. The van der Waals surface area contributed by atoms with Gasteiger partial charge in [0, 0.05) is 25.6 Å². The van der Waals surface area contributed by atoms with E-state index >= 15 is 0 Å². The van der Waals surface area contributed by atoms with Gasteiger partial charge in [0.25, 0.3) is 5.91 Å². The smallest absolute Gasteiger partial charge is 0.352 e. The number of carbonyl (C=O) groups is 1. The van der Waals surface area contributed by atoms with Crippen LogP contribution in [0.1, 0.15) is 21.6 Å². The van der Waals surface area contributed by atoms with E-state index in [4.69, 9.17) is 0 Å². The fraction of sp³-hybridized carbons (Fsp3) is 0.375. The van der Waals surface area contributed by atoms with Crippen LogP contribution < -0.4 is 10.6 Å². The quantitative estimate of drug-likeness (QED) is 0.864. The molecule has 2 heterocycles. The maximum Gasteiger partial charge on any atom is 0.434 e. The molecule has 1 aliphatic rings. The van der Waals surface area contributed by atoms with E-state index in [0.29, 0.717) is 17.8 Å². The van der Waals surface area contributed by atoms with Gasteiger partial charge in [0.1, 0.15) is 0 Å². The Hall–Kier alpha value is -2.06. The molecule has 1 fully saturated rings. The maximum absolute atomic E-state index is 13.5. The van der Waals surface area contributed by atoms with Crippen molar-refractivity contribution in [3.05, 3.63) is 47.3 Å². The van der Waals surface area contributed by atoms with Crippen LogP contribution in [0.15, 0.2) is 30.5 Å². The van der Waals surface area contributed by atoms with Crippen LogP contribution in [0.5, 0.6) is 0 Å². The van der Waals surface area contributed by atoms with E-state index in [9.17, 15) is 18.0 Å². The zero-order valence-corrected chi connectivity index (χ0v) is 14.2. The molecule has 9 heteroatoms. The van der Waals surface area contributed by atoms with Crippen molar-refractivity contribution in [2.75, 3.05) is 19.6 Å². The predicted molar refractivity (Wildman–Crippen MR) is 89.2 cm³/mol. The monoisotopic (exact) mass is 374 g/mol. The van der Waals surface area contributed by atoms with Crippen molar-refractivity contribution in [3.8, 4) is 5.69 Å². The Balaban J connectivity index is 0.00000225. The molecule has 1 aromatic heterocycles. The van der Waals surface area contributed by atoms with E-state index in [0.717, 1.165) is 24.0 Å². The highest BCUT2D eigenvalue weighted by atomic mass is 35.5. The number of halogens is 4. The summed E-state index contributed by atoms with van der Waals surface area (Å²) in [6.07, 6.45) is -3.72. The van der Waals surface area contributed by atoms with E-state index in [2.05, 4.69) is 15.7 Å². The summed E-state index contributed by atoms with van der Waals surface area (Å²) in [4.78, 5) is 12.2. The standard InChI is InChI=1S/C16H17F3N4O.ClH/c1-10-4-2-3-5-13(10)23-14(16(17,18)19)12(9-22-23)15(24)21-8-11-6-20-7-11;/h2-5,9,11,20H,6-8H2,1H3,(H,21,24);1H. The van der Waals surface area contributed by atoms with Gasteiger partial charge in [-0.3, -0.25) is 4.79 Å². The number of aryl methyl sites for hydroxylation is 1. The van der Waals surface area contributed by atoms with E-state index in [1.807, 2.05) is 0 Å². The Kier molecular flexibility index (Phi) is 5.74. The summed E-state index contributed by atoms with van der Waals surface area (Å²) in [6.45, 7) is 3.56. The third-order valence-corrected chi connectivity index (χ3v) is 4.04. The van der Waals surface area contributed by atoms with Crippen LogP contribution in [0.2, 0.25) is 0 Å². The minimum absolute atomic E-state index is 0. The number of aromatic nitrogens is 2. The summed E-state index contributed by atoms with van der Waals surface area (Å²) in [5.41, 5.74) is -0.579. The minimum atomic E-state index is -4.69. The molecule has 0 atom stereocenters.